The van der Waals surface area contributed by atoms with Gasteiger partial charge in [0.25, 0.3) is 0 Å². The molecule has 0 saturated heterocycles. The van der Waals surface area contributed by atoms with Gasteiger partial charge in [-0.15, -0.1) is 0 Å². The van der Waals surface area contributed by atoms with Crippen LogP contribution >= 0.6 is 11.8 Å². The fourth-order valence-corrected chi connectivity index (χ4v) is 1.17. The summed E-state index contributed by atoms with van der Waals surface area (Å²) in [6, 6.07) is -0.794. The van der Waals surface area contributed by atoms with Crippen molar-refractivity contribution in [2.75, 3.05) is 6.26 Å². The molecule has 5 heteroatoms. The minimum atomic E-state index is -0.985. The summed E-state index contributed by atoms with van der Waals surface area (Å²) in [7, 11) is 0. The Morgan fingerprint density at radius 3 is 2.07 bits per heavy atom. The van der Waals surface area contributed by atoms with Crippen molar-refractivity contribution in [2.24, 2.45) is 5.92 Å². The van der Waals surface area contributed by atoms with Crippen molar-refractivity contribution in [1.29, 1.82) is 0 Å². The van der Waals surface area contributed by atoms with Crippen LogP contribution in [0.1, 0.15) is 20.8 Å². The molecule has 0 saturated carbocycles. The van der Waals surface area contributed by atoms with Crippen molar-refractivity contribution >= 4 is 23.6 Å². The second-order valence-electron chi connectivity index (χ2n) is 3.45. The molecule has 0 aliphatic carbocycles. The summed E-state index contributed by atoms with van der Waals surface area (Å²) in [5, 5.41) is 11.1. The number of carbonyl (C=O) groups is 2. The minimum Gasteiger partial charge on any atom is -0.480 e. The number of carboxylic acids is 1. The van der Waals surface area contributed by atoms with Crippen LogP contribution in [0, 0.1) is 5.92 Å². The number of aliphatic carboxylic acids is 1. The van der Waals surface area contributed by atoms with Crippen molar-refractivity contribution in [1.82, 2.24) is 5.32 Å². The molecule has 0 spiro atoms. The Bertz CT molecular complexity index is 218. The van der Waals surface area contributed by atoms with Crippen molar-refractivity contribution < 1.29 is 14.7 Å². The topological polar surface area (TPSA) is 66.4 Å². The molecule has 2 N–H and O–H groups in total. The summed E-state index contributed by atoms with van der Waals surface area (Å²) in [6.45, 7) is 5.28. The van der Waals surface area contributed by atoms with E-state index in [-0.39, 0.29) is 17.1 Å². The minimum absolute atomic E-state index is 0.106. The average molecular weight is 219 g/mol. The highest BCUT2D eigenvalue weighted by molar-refractivity contribution is 7.99. The van der Waals surface area contributed by atoms with Crippen LogP contribution < -0.4 is 5.32 Å². The first-order valence-electron chi connectivity index (χ1n) is 4.46. The summed E-state index contributed by atoms with van der Waals surface area (Å²) in [6.07, 6.45) is 1.81. The first-order valence-corrected chi connectivity index (χ1v) is 5.75. The van der Waals surface area contributed by atoms with E-state index in [1.807, 2.05) is 6.26 Å². The van der Waals surface area contributed by atoms with Crippen LogP contribution in [-0.4, -0.2) is 34.5 Å². The van der Waals surface area contributed by atoms with Gasteiger partial charge in [-0.1, -0.05) is 13.8 Å². The smallest absolute Gasteiger partial charge is 0.326 e. The van der Waals surface area contributed by atoms with Gasteiger partial charge < -0.3 is 10.4 Å². The van der Waals surface area contributed by atoms with Gasteiger partial charge in [-0.2, -0.15) is 11.8 Å². The predicted octanol–water partition coefficient (Wildman–Crippen LogP) is 0.963. The molecule has 82 valence electrons. The van der Waals surface area contributed by atoms with E-state index >= 15 is 0 Å². The molecule has 0 aliphatic rings. The molecule has 2 atom stereocenters. The van der Waals surface area contributed by atoms with Crippen LogP contribution in [0.3, 0.4) is 0 Å². The number of amides is 1. The lowest BCUT2D eigenvalue weighted by Crippen LogP contribution is -2.46. The summed E-state index contributed by atoms with van der Waals surface area (Å²) < 4.78 is 0. The van der Waals surface area contributed by atoms with Gasteiger partial charge >= 0.3 is 5.97 Å². The lowest BCUT2D eigenvalue weighted by Gasteiger charge is -2.19. The van der Waals surface area contributed by atoms with Gasteiger partial charge in [-0.25, -0.2) is 4.79 Å². The first kappa shape index (κ1) is 13.3. The molecule has 2 unspecified atom stereocenters. The van der Waals surface area contributed by atoms with Gasteiger partial charge in [0.1, 0.15) is 6.04 Å². The maximum atomic E-state index is 11.4. The average Bonchev–Trinajstić information content (AvgIpc) is 2.11. The zero-order valence-corrected chi connectivity index (χ0v) is 9.72. The molecule has 0 aromatic carbocycles. The molecule has 0 fully saturated rings. The van der Waals surface area contributed by atoms with Crippen LogP contribution in [0.15, 0.2) is 0 Å². The highest BCUT2D eigenvalue weighted by Crippen LogP contribution is 2.07. The fourth-order valence-electron chi connectivity index (χ4n) is 0.891. The van der Waals surface area contributed by atoms with Crippen LogP contribution in [-0.2, 0) is 9.59 Å². The number of rotatable bonds is 5. The Morgan fingerprint density at radius 1 is 1.29 bits per heavy atom. The molecule has 4 nitrogen and oxygen atoms in total. The van der Waals surface area contributed by atoms with Crippen LogP contribution in [0.5, 0.6) is 0 Å². The third kappa shape index (κ3) is 4.00. The third-order valence-electron chi connectivity index (χ3n) is 1.95. The molecule has 14 heavy (non-hydrogen) atoms. The summed E-state index contributed by atoms with van der Waals surface area (Å²) in [5.41, 5.74) is 0. The van der Waals surface area contributed by atoms with Gasteiger partial charge in [-0.3, -0.25) is 4.79 Å². The molecule has 0 heterocycles. The quantitative estimate of drug-likeness (QED) is 0.723. The summed E-state index contributed by atoms with van der Waals surface area (Å²) in [5.74, 6) is -1.31. The van der Waals surface area contributed by atoms with E-state index in [1.54, 1.807) is 20.8 Å². The molecular formula is C9H17NO3S. The summed E-state index contributed by atoms with van der Waals surface area (Å²) in [4.78, 5) is 22.2. The molecule has 0 bridgehead atoms. The largest absolute Gasteiger partial charge is 0.480 e. The van der Waals surface area contributed by atoms with E-state index in [1.165, 1.54) is 11.8 Å². The Labute approximate surface area is 88.4 Å². The van der Waals surface area contributed by atoms with Crippen LogP contribution in [0.4, 0.5) is 0 Å². The van der Waals surface area contributed by atoms with Crippen molar-refractivity contribution in [2.45, 2.75) is 32.1 Å². The fraction of sp³-hybridized carbons (Fsp3) is 0.778. The molecular weight excluding hydrogens is 202 g/mol. The van der Waals surface area contributed by atoms with Crippen LogP contribution in [0.2, 0.25) is 0 Å². The second kappa shape index (κ2) is 5.90. The lowest BCUT2D eigenvalue weighted by molar-refractivity contribution is -0.143. The highest BCUT2D eigenvalue weighted by Gasteiger charge is 2.25. The maximum absolute atomic E-state index is 11.4. The number of carboxylic acid groups (broad SMARTS) is 1. The Kier molecular flexibility index (Phi) is 5.60. The van der Waals surface area contributed by atoms with Gasteiger partial charge in [0.05, 0.1) is 5.25 Å². The first-order chi connectivity index (χ1) is 6.40. The third-order valence-corrected chi connectivity index (χ3v) is 2.87. The van der Waals surface area contributed by atoms with E-state index < -0.39 is 12.0 Å². The number of carbonyl (C=O) groups excluding carboxylic acids is 1. The zero-order valence-electron chi connectivity index (χ0n) is 8.90. The van der Waals surface area contributed by atoms with Gasteiger partial charge in [-0.05, 0) is 19.1 Å². The van der Waals surface area contributed by atoms with E-state index in [0.29, 0.717) is 0 Å². The maximum Gasteiger partial charge on any atom is 0.326 e. The number of thioether (sulfide) groups is 1. The van der Waals surface area contributed by atoms with Crippen LogP contribution in [0.25, 0.3) is 0 Å². The van der Waals surface area contributed by atoms with E-state index in [0.717, 1.165) is 0 Å². The van der Waals surface area contributed by atoms with Gasteiger partial charge in [0.2, 0.25) is 5.91 Å². The van der Waals surface area contributed by atoms with Crippen molar-refractivity contribution in [3.05, 3.63) is 0 Å². The van der Waals surface area contributed by atoms with E-state index in [9.17, 15) is 9.59 Å². The number of nitrogens with one attached hydrogen (secondary N) is 1. The Hall–Kier alpha value is -0.710. The molecule has 0 aromatic heterocycles. The molecule has 0 aromatic rings. The van der Waals surface area contributed by atoms with Crippen molar-refractivity contribution in [3.63, 3.8) is 0 Å². The number of hydrogen-bond donors (Lipinski definition) is 2. The lowest BCUT2D eigenvalue weighted by atomic mass is 10.0. The second-order valence-corrected chi connectivity index (χ2v) is 4.62. The number of hydrogen-bond acceptors (Lipinski definition) is 3. The predicted molar refractivity (Wildman–Crippen MR) is 57.4 cm³/mol. The molecule has 0 aliphatic heterocycles. The molecule has 0 rings (SSSR count). The van der Waals surface area contributed by atoms with E-state index in [2.05, 4.69) is 5.32 Å². The standard InChI is InChI=1S/C9H17NO3S/c1-5(2)7(9(12)13)10-8(11)6(3)14-4/h5-7H,1-4H3,(H,10,11)(H,12,13). The molecule has 0 radical (unpaired) electrons. The SMILES string of the molecule is CSC(C)C(=O)NC(C(=O)O)C(C)C. The Balaban J connectivity index is 4.31. The normalized spacial score (nSPS) is 14.9. The molecule has 1 amide bonds. The van der Waals surface area contributed by atoms with E-state index in [4.69, 9.17) is 5.11 Å². The monoisotopic (exact) mass is 219 g/mol. The highest BCUT2D eigenvalue weighted by atomic mass is 32.2. The van der Waals surface area contributed by atoms with Gasteiger partial charge in [0, 0.05) is 0 Å². The zero-order chi connectivity index (χ0) is 11.3. The Morgan fingerprint density at radius 2 is 1.79 bits per heavy atom. The summed E-state index contributed by atoms with van der Waals surface area (Å²) >= 11 is 1.39. The van der Waals surface area contributed by atoms with Gasteiger partial charge in [0.15, 0.2) is 0 Å². The van der Waals surface area contributed by atoms with Crippen molar-refractivity contribution in [3.8, 4) is 0 Å².